The molecule has 3 heteroatoms. The van der Waals surface area contributed by atoms with Gasteiger partial charge in [0.05, 0.1) is 11.9 Å². The van der Waals surface area contributed by atoms with Gasteiger partial charge in [-0.3, -0.25) is 5.10 Å². The summed E-state index contributed by atoms with van der Waals surface area (Å²) < 4.78 is 0. The van der Waals surface area contributed by atoms with Gasteiger partial charge in [0, 0.05) is 12.2 Å². The van der Waals surface area contributed by atoms with E-state index in [1.165, 1.54) is 5.56 Å². The third kappa shape index (κ3) is 2.84. The Labute approximate surface area is 89.5 Å². The van der Waals surface area contributed by atoms with Crippen LogP contribution in [0.5, 0.6) is 0 Å². The van der Waals surface area contributed by atoms with Gasteiger partial charge >= 0.3 is 0 Å². The molecular formula is C12H15N3. The molecule has 3 nitrogen and oxygen atoms in total. The molecular weight excluding hydrogens is 186 g/mol. The van der Waals surface area contributed by atoms with Crippen LogP contribution in [0, 0.1) is 0 Å². The minimum absolute atomic E-state index is 0.407. The molecule has 2 aromatic rings. The average molecular weight is 201 g/mol. The number of hydrogen-bond acceptors (Lipinski definition) is 2. The van der Waals surface area contributed by atoms with Gasteiger partial charge in [-0.15, -0.1) is 0 Å². The Morgan fingerprint density at radius 1 is 1.33 bits per heavy atom. The van der Waals surface area contributed by atoms with Crippen LogP contribution >= 0.6 is 0 Å². The van der Waals surface area contributed by atoms with Crippen LogP contribution in [-0.4, -0.2) is 16.2 Å². The summed E-state index contributed by atoms with van der Waals surface area (Å²) in [7, 11) is 0. The molecule has 1 heterocycles. The molecule has 0 radical (unpaired) electrons. The summed E-state index contributed by atoms with van der Waals surface area (Å²) in [6, 6.07) is 10.9. The van der Waals surface area contributed by atoms with E-state index < -0.39 is 0 Å². The fourth-order valence-corrected chi connectivity index (χ4v) is 1.63. The number of rotatable bonds is 4. The molecule has 0 spiro atoms. The summed E-state index contributed by atoms with van der Waals surface area (Å²) in [6.45, 7) is 2.17. The van der Waals surface area contributed by atoms with Crippen LogP contribution in [0.25, 0.3) is 0 Å². The Morgan fingerprint density at radius 3 is 2.80 bits per heavy atom. The van der Waals surface area contributed by atoms with E-state index >= 15 is 0 Å². The standard InChI is InChI=1S/C12H15N3/c1-10(15-12-8-13-14-9-12)7-11-5-3-2-4-6-11/h2-6,8-10,15H,7H2,1H3,(H,13,14). The highest BCUT2D eigenvalue weighted by atomic mass is 15.1. The zero-order chi connectivity index (χ0) is 10.5. The van der Waals surface area contributed by atoms with Crippen LogP contribution < -0.4 is 5.32 Å². The van der Waals surface area contributed by atoms with Crippen molar-refractivity contribution in [2.45, 2.75) is 19.4 Å². The molecule has 0 aliphatic carbocycles. The molecule has 1 aromatic carbocycles. The quantitative estimate of drug-likeness (QED) is 0.797. The van der Waals surface area contributed by atoms with Gasteiger partial charge in [-0.2, -0.15) is 5.10 Å². The van der Waals surface area contributed by atoms with Crippen molar-refractivity contribution in [2.75, 3.05) is 5.32 Å². The molecule has 78 valence electrons. The van der Waals surface area contributed by atoms with E-state index in [4.69, 9.17) is 0 Å². The smallest absolute Gasteiger partial charge is 0.0725 e. The van der Waals surface area contributed by atoms with Crippen molar-refractivity contribution in [3.63, 3.8) is 0 Å². The molecule has 0 saturated carbocycles. The van der Waals surface area contributed by atoms with E-state index in [0.29, 0.717) is 6.04 Å². The predicted octanol–water partition coefficient (Wildman–Crippen LogP) is 2.45. The molecule has 0 saturated heterocycles. The van der Waals surface area contributed by atoms with Gasteiger partial charge in [-0.1, -0.05) is 30.3 Å². The van der Waals surface area contributed by atoms with Crippen LogP contribution in [0.15, 0.2) is 42.7 Å². The Balaban J connectivity index is 1.90. The topological polar surface area (TPSA) is 40.7 Å². The summed E-state index contributed by atoms with van der Waals surface area (Å²) in [5.74, 6) is 0. The number of nitrogens with zero attached hydrogens (tertiary/aromatic N) is 1. The zero-order valence-electron chi connectivity index (χ0n) is 8.77. The Morgan fingerprint density at radius 2 is 2.13 bits per heavy atom. The molecule has 1 unspecified atom stereocenters. The molecule has 2 rings (SSSR count). The third-order valence-electron chi connectivity index (χ3n) is 2.30. The van der Waals surface area contributed by atoms with Crippen LogP contribution in [0.3, 0.4) is 0 Å². The number of hydrogen-bond donors (Lipinski definition) is 2. The number of H-pyrrole nitrogens is 1. The predicted molar refractivity (Wildman–Crippen MR) is 61.8 cm³/mol. The van der Waals surface area contributed by atoms with Crippen LogP contribution in [-0.2, 0) is 6.42 Å². The molecule has 1 atom stereocenters. The number of nitrogens with one attached hydrogen (secondary N) is 2. The fourth-order valence-electron chi connectivity index (χ4n) is 1.63. The first-order valence-corrected chi connectivity index (χ1v) is 5.14. The summed E-state index contributed by atoms with van der Waals surface area (Å²) >= 11 is 0. The Bertz CT molecular complexity index is 381. The van der Waals surface area contributed by atoms with Crippen molar-refractivity contribution in [1.29, 1.82) is 0 Å². The lowest BCUT2D eigenvalue weighted by atomic mass is 10.1. The summed E-state index contributed by atoms with van der Waals surface area (Å²) in [4.78, 5) is 0. The van der Waals surface area contributed by atoms with Crippen LogP contribution in [0.2, 0.25) is 0 Å². The molecule has 1 aromatic heterocycles. The first kappa shape index (κ1) is 9.77. The van der Waals surface area contributed by atoms with Gasteiger partial charge in [0.1, 0.15) is 0 Å². The number of benzene rings is 1. The summed E-state index contributed by atoms with van der Waals surface area (Å²) in [5, 5.41) is 10.1. The zero-order valence-corrected chi connectivity index (χ0v) is 8.77. The largest absolute Gasteiger partial charge is 0.380 e. The van der Waals surface area contributed by atoms with Gasteiger partial charge in [0.15, 0.2) is 0 Å². The normalized spacial score (nSPS) is 12.3. The minimum atomic E-state index is 0.407. The van der Waals surface area contributed by atoms with Gasteiger partial charge in [0.25, 0.3) is 0 Å². The van der Waals surface area contributed by atoms with Crippen molar-refractivity contribution in [2.24, 2.45) is 0 Å². The van der Waals surface area contributed by atoms with E-state index in [9.17, 15) is 0 Å². The van der Waals surface area contributed by atoms with Crippen molar-refractivity contribution in [3.8, 4) is 0 Å². The second kappa shape index (κ2) is 4.64. The highest BCUT2D eigenvalue weighted by Gasteiger charge is 2.03. The highest BCUT2D eigenvalue weighted by molar-refractivity contribution is 5.38. The Kier molecular flexibility index (Phi) is 3.02. The first-order valence-electron chi connectivity index (χ1n) is 5.14. The monoisotopic (exact) mass is 201 g/mol. The summed E-state index contributed by atoms with van der Waals surface area (Å²) in [6.07, 6.45) is 4.68. The van der Waals surface area contributed by atoms with Gasteiger partial charge in [-0.25, -0.2) is 0 Å². The molecule has 15 heavy (non-hydrogen) atoms. The maximum absolute atomic E-state index is 3.89. The average Bonchev–Trinajstić information content (AvgIpc) is 2.71. The lowest BCUT2D eigenvalue weighted by molar-refractivity contribution is 0.790. The number of anilines is 1. The van der Waals surface area contributed by atoms with Crippen molar-refractivity contribution in [1.82, 2.24) is 10.2 Å². The molecule has 0 aliphatic heterocycles. The lowest BCUT2D eigenvalue weighted by Crippen LogP contribution is -2.17. The lowest BCUT2D eigenvalue weighted by Gasteiger charge is -2.13. The van der Waals surface area contributed by atoms with E-state index in [1.807, 2.05) is 12.3 Å². The maximum Gasteiger partial charge on any atom is 0.0725 e. The summed E-state index contributed by atoms with van der Waals surface area (Å²) in [5.41, 5.74) is 2.39. The van der Waals surface area contributed by atoms with E-state index in [2.05, 4.69) is 46.7 Å². The maximum atomic E-state index is 3.89. The van der Waals surface area contributed by atoms with Crippen LogP contribution in [0.1, 0.15) is 12.5 Å². The van der Waals surface area contributed by atoms with Crippen molar-refractivity contribution < 1.29 is 0 Å². The molecule has 0 aliphatic rings. The second-order valence-electron chi connectivity index (χ2n) is 3.72. The molecule has 0 fully saturated rings. The van der Waals surface area contributed by atoms with Gasteiger partial charge in [-0.05, 0) is 18.9 Å². The SMILES string of the molecule is CC(Cc1ccccc1)Nc1cn[nH]c1. The van der Waals surface area contributed by atoms with E-state index in [1.54, 1.807) is 6.20 Å². The number of aromatic amines is 1. The van der Waals surface area contributed by atoms with Crippen molar-refractivity contribution in [3.05, 3.63) is 48.3 Å². The fraction of sp³-hybridized carbons (Fsp3) is 0.250. The number of aromatic nitrogens is 2. The van der Waals surface area contributed by atoms with Gasteiger partial charge in [0.2, 0.25) is 0 Å². The highest BCUT2D eigenvalue weighted by Crippen LogP contribution is 2.08. The third-order valence-corrected chi connectivity index (χ3v) is 2.30. The first-order chi connectivity index (χ1) is 7.34. The van der Waals surface area contributed by atoms with E-state index in [0.717, 1.165) is 12.1 Å². The molecule has 0 amide bonds. The van der Waals surface area contributed by atoms with E-state index in [-0.39, 0.29) is 0 Å². The van der Waals surface area contributed by atoms with Gasteiger partial charge < -0.3 is 5.32 Å². The molecule has 0 bridgehead atoms. The second-order valence-corrected chi connectivity index (χ2v) is 3.72. The van der Waals surface area contributed by atoms with Crippen molar-refractivity contribution >= 4 is 5.69 Å². The minimum Gasteiger partial charge on any atom is -0.380 e. The Hall–Kier alpha value is -1.77. The van der Waals surface area contributed by atoms with Crippen LogP contribution in [0.4, 0.5) is 5.69 Å². The molecule has 2 N–H and O–H groups in total.